The van der Waals surface area contributed by atoms with Gasteiger partial charge in [0, 0.05) is 31.6 Å². The van der Waals surface area contributed by atoms with Crippen LogP contribution in [0.15, 0.2) is 17.3 Å². The van der Waals surface area contributed by atoms with Gasteiger partial charge in [0.05, 0.1) is 0 Å². The van der Waals surface area contributed by atoms with Crippen LogP contribution in [0.5, 0.6) is 0 Å². The summed E-state index contributed by atoms with van der Waals surface area (Å²) < 4.78 is 0. The second kappa shape index (κ2) is 4.00. The Bertz CT molecular complexity index is 290. The lowest BCUT2D eigenvalue weighted by Gasteiger charge is -2.00. The fourth-order valence-corrected chi connectivity index (χ4v) is 0.979. The van der Waals surface area contributed by atoms with Gasteiger partial charge < -0.3 is 4.99 Å². The first-order valence-corrected chi connectivity index (χ1v) is 4.07. The van der Waals surface area contributed by atoms with Crippen LogP contribution in [0, 0.1) is 13.8 Å². The Morgan fingerprint density at radius 3 is 2.75 bits per heavy atom. The molecule has 0 aromatic carbocycles. The average molecular weight is 162 g/mol. The third-order valence-electron chi connectivity index (χ3n) is 1.91. The lowest BCUT2D eigenvalue weighted by molar-refractivity contribution is 1.10. The minimum atomic E-state index is 0.831. The zero-order valence-corrected chi connectivity index (χ0v) is 7.83. The van der Waals surface area contributed by atoms with Crippen LogP contribution in [0.25, 0.3) is 0 Å². The SMILES string of the molecule is CN=CCc1cc(C)c(C)cn1. The highest BCUT2D eigenvalue weighted by atomic mass is 14.7. The van der Waals surface area contributed by atoms with Crippen LogP contribution in [-0.2, 0) is 6.42 Å². The van der Waals surface area contributed by atoms with Gasteiger partial charge in [-0.15, -0.1) is 0 Å². The third-order valence-corrected chi connectivity index (χ3v) is 1.91. The summed E-state index contributed by atoms with van der Waals surface area (Å²) >= 11 is 0. The Balaban J connectivity index is 2.82. The molecule has 0 N–H and O–H groups in total. The van der Waals surface area contributed by atoms with E-state index in [-0.39, 0.29) is 0 Å². The topological polar surface area (TPSA) is 25.2 Å². The number of aromatic nitrogens is 1. The highest BCUT2D eigenvalue weighted by Gasteiger charge is 1.95. The van der Waals surface area contributed by atoms with E-state index in [0.29, 0.717) is 0 Å². The number of nitrogens with zero attached hydrogens (tertiary/aromatic N) is 2. The Morgan fingerprint density at radius 1 is 1.42 bits per heavy atom. The first kappa shape index (κ1) is 8.91. The van der Waals surface area contributed by atoms with Crippen molar-refractivity contribution in [1.82, 2.24) is 4.98 Å². The van der Waals surface area contributed by atoms with Gasteiger partial charge in [-0.3, -0.25) is 4.98 Å². The van der Waals surface area contributed by atoms with Crippen molar-refractivity contribution >= 4 is 6.21 Å². The van der Waals surface area contributed by atoms with E-state index in [4.69, 9.17) is 0 Å². The van der Waals surface area contributed by atoms with Crippen LogP contribution < -0.4 is 0 Å². The van der Waals surface area contributed by atoms with E-state index >= 15 is 0 Å². The number of aliphatic imine (C=N–C) groups is 1. The predicted octanol–water partition coefficient (Wildman–Crippen LogP) is 1.94. The van der Waals surface area contributed by atoms with E-state index in [0.717, 1.165) is 12.1 Å². The van der Waals surface area contributed by atoms with Crippen molar-refractivity contribution in [2.45, 2.75) is 20.3 Å². The summed E-state index contributed by atoms with van der Waals surface area (Å²) in [7, 11) is 1.78. The van der Waals surface area contributed by atoms with Crippen LogP contribution in [0.1, 0.15) is 16.8 Å². The van der Waals surface area contributed by atoms with Crippen molar-refractivity contribution in [3.8, 4) is 0 Å². The highest BCUT2D eigenvalue weighted by Crippen LogP contribution is 2.06. The molecule has 64 valence electrons. The van der Waals surface area contributed by atoms with E-state index in [1.807, 2.05) is 12.4 Å². The summed E-state index contributed by atoms with van der Waals surface area (Å²) in [4.78, 5) is 8.20. The molecule has 12 heavy (non-hydrogen) atoms. The molecule has 1 heterocycles. The molecule has 2 nitrogen and oxygen atoms in total. The van der Waals surface area contributed by atoms with Crippen molar-refractivity contribution in [1.29, 1.82) is 0 Å². The summed E-state index contributed by atoms with van der Waals surface area (Å²) in [5.41, 5.74) is 3.63. The van der Waals surface area contributed by atoms with Gasteiger partial charge in [-0.1, -0.05) is 0 Å². The maximum atomic E-state index is 4.29. The smallest absolute Gasteiger partial charge is 0.0459 e. The van der Waals surface area contributed by atoms with Gasteiger partial charge >= 0.3 is 0 Å². The summed E-state index contributed by atoms with van der Waals surface area (Å²) in [6.45, 7) is 4.17. The van der Waals surface area contributed by atoms with Gasteiger partial charge in [0.25, 0.3) is 0 Å². The first-order chi connectivity index (χ1) is 5.74. The van der Waals surface area contributed by atoms with Gasteiger partial charge in [-0.25, -0.2) is 0 Å². The van der Waals surface area contributed by atoms with Gasteiger partial charge in [0.2, 0.25) is 0 Å². The summed E-state index contributed by atoms with van der Waals surface area (Å²) in [6.07, 6.45) is 4.61. The fraction of sp³-hybridized carbons (Fsp3) is 0.400. The monoisotopic (exact) mass is 162 g/mol. The summed E-state index contributed by atoms with van der Waals surface area (Å²) in [5.74, 6) is 0. The molecule has 0 aliphatic heterocycles. The van der Waals surface area contributed by atoms with Crippen molar-refractivity contribution in [2.24, 2.45) is 4.99 Å². The maximum absolute atomic E-state index is 4.29. The molecule has 0 radical (unpaired) electrons. The van der Waals surface area contributed by atoms with Crippen LogP contribution >= 0.6 is 0 Å². The molecule has 0 unspecified atom stereocenters. The summed E-state index contributed by atoms with van der Waals surface area (Å²) in [5, 5.41) is 0. The molecule has 0 bridgehead atoms. The van der Waals surface area contributed by atoms with Gasteiger partial charge in [0.1, 0.15) is 0 Å². The number of rotatable bonds is 2. The number of hydrogen-bond acceptors (Lipinski definition) is 2. The van der Waals surface area contributed by atoms with Crippen LogP contribution in [0.4, 0.5) is 0 Å². The molecule has 2 heteroatoms. The molecule has 0 aliphatic carbocycles. The Labute approximate surface area is 73.4 Å². The fourth-order valence-electron chi connectivity index (χ4n) is 0.979. The van der Waals surface area contributed by atoms with Gasteiger partial charge in [-0.05, 0) is 31.0 Å². The largest absolute Gasteiger partial charge is 0.300 e. The number of aryl methyl sites for hydroxylation is 2. The molecular weight excluding hydrogens is 148 g/mol. The Kier molecular flexibility index (Phi) is 2.97. The van der Waals surface area contributed by atoms with Crippen molar-refractivity contribution in [3.63, 3.8) is 0 Å². The molecule has 0 aliphatic rings. The Hall–Kier alpha value is -1.18. The summed E-state index contributed by atoms with van der Waals surface area (Å²) in [6, 6.07) is 2.11. The maximum Gasteiger partial charge on any atom is 0.0459 e. The molecular formula is C10H14N2. The Morgan fingerprint density at radius 2 is 2.17 bits per heavy atom. The van der Waals surface area contributed by atoms with E-state index in [2.05, 4.69) is 29.9 Å². The van der Waals surface area contributed by atoms with Crippen molar-refractivity contribution in [2.75, 3.05) is 7.05 Å². The minimum absolute atomic E-state index is 0.831. The molecule has 0 amide bonds. The first-order valence-electron chi connectivity index (χ1n) is 4.07. The minimum Gasteiger partial charge on any atom is -0.300 e. The normalized spacial score (nSPS) is 10.9. The highest BCUT2D eigenvalue weighted by molar-refractivity contribution is 5.60. The zero-order chi connectivity index (χ0) is 8.97. The number of pyridine rings is 1. The molecule has 0 atom stereocenters. The van der Waals surface area contributed by atoms with Crippen LogP contribution in [0.2, 0.25) is 0 Å². The van der Waals surface area contributed by atoms with E-state index in [1.165, 1.54) is 11.1 Å². The number of hydrogen-bond donors (Lipinski definition) is 0. The molecule has 1 aromatic rings. The predicted molar refractivity (Wildman–Crippen MR) is 51.8 cm³/mol. The van der Waals surface area contributed by atoms with Gasteiger partial charge in [0.15, 0.2) is 0 Å². The lowest BCUT2D eigenvalue weighted by Crippen LogP contribution is -1.93. The van der Waals surface area contributed by atoms with E-state index < -0.39 is 0 Å². The van der Waals surface area contributed by atoms with Crippen LogP contribution in [-0.4, -0.2) is 18.2 Å². The average Bonchev–Trinajstić information content (AvgIpc) is 2.07. The van der Waals surface area contributed by atoms with Crippen LogP contribution in [0.3, 0.4) is 0 Å². The molecule has 1 aromatic heterocycles. The molecule has 1 rings (SSSR count). The van der Waals surface area contributed by atoms with Crippen molar-refractivity contribution in [3.05, 3.63) is 29.1 Å². The molecule has 0 saturated heterocycles. The molecule has 0 spiro atoms. The second-order valence-electron chi connectivity index (χ2n) is 2.90. The van der Waals surface area contributed by atoms with E-state index in [9.17, 15) is 0 Å². The van der Waals surface area contributed by atoms with Crippen molar-refractivity contribution < 1.29 is 0 Å². The molecule has 0 fully saturated rings. The van der Waals surface area contributed by atoms with E-state index in [1.54, 1.807) is 7.05 Å². The quantitative estimate of drug-likeness (QED) is 0.610. The second-order valence-corrected chi connectivity index (χ2v) is 2.90. The standard InChI is InChI=1S/C10H14N2/c1-8-6-10(4-5-11-3)12-7-9(8)2/h5-7H,4H2,1-3H3. The van der Waals surface area contributed by atoms with Gasteiger partial charge in [-0.2, -0.15) is 0 Å². The third kappa shape index (κ3) is 2.16. The molecule has 0 saturated carbocycles. The zero-order valence-electron chi connectivity index (χ0n) is 7.83. The lowest BCUT2D eigenvalue weighted by atomic mass is 10.1.